The maximum Gasteiger partial charge on any atom is 0.137 e. The fraction of sp³-hybridized carbons (Fsp3) is 0.308. The molecule has 0 saturated heterocycles. The summed E-state index contributed by atoms with van der Waals surface area (Å²) in [4.78, 5) is 7.67. The van der Waals surface area contributed by atoms with Gasteiger partial charge in [0, 0.05) is 24.0 Å². The minimum absolute atomic E-state index is 0.806. The van der Waals surface area contributed by atoms with Crippen molar-refractivity contribution in [1.29, 1.82) is 0 Å². The number of rotatable bonds is 5. The van der Waals surface area contributed by atoms with Crippen LogP contribution in [0.1, 0.15) is 12.6 Å². The zero-order valence-corrected chi connectivity index (χ0v) is 12.0. The van der Waals surface area contributed by atoms with Crippen molar-refractivity contribution in [2.24, 2.45) is 0 Å². The molecule has 0 saturated carbocycles. The van der Waals surface area contributed by atoms with Crippen molar-refractivity contribution in [2.45, 2.75) is 13.5 Å². The van der Waals surface area contributed by atoms with Gasteiger partial charge in [-0.25, -0.2) is 4.98 Å². The van der Waals surface area contributed by atoms with E-state index in [1.807, 2.05) is 24.4 Å². The third-order valence-corrected chi connectivity index (χ3v) is 3.24. The van der Waals surface area contributed by atoms with Crippen molar-refractivity contribution >= 4 is 15.9 Å². The van der Waals surface area contributed by atoms with E-state index in [-0.39, 0.29) is 0 Å². The smallest absolute Gasteiger partial charge is 0.137 e. The maximum atomic E-state index is 5.21. The molecule has 2 aromatic rings. The number of halogens is 1. The fourth-order valence-electron chi connectivity index (χ4n) is 1.67. The van der Waals surface area contributed by atoms with Gasteiger partial charge >= 0.3 is 0 Å². The minimum atomic E-state index is 0.806. The second-order valence-corrected chi connectivity index (χ2v) is 4.74. The minimum Gasteiger partial charge on any atom is -0.496 e. The Bertz CT molecular complexity index is 525. The molecule has 0 aliphatic heterocycles. The molecular weight excluding hydrogens is 294 g/mol. The summed E-state index contributed by atoms with van der Waals surface area (Å²) in [7, 11) is 1.65. The largest absolute Gasteiger partial charge is 0.496 e. The molecule has 5 heteroatoms. The average molecular weight is 310 g/mol. The van der Waals surface area contributed by atoms with Gasteiger partial charge < -0.3 is 15.0 Å². The molecule has 96 valence electrons. The van der Waals surface area contributed by atoms with Crippen LogP contribution in [0.2, 0.25) is 0 Å². The Labute approximate surface area is 115 Å². The van der Waals surface area contributed by atoms with Crippen LogP contribution in [0.4, 0.5) is 0 Å². The lowest BCUT2D eigenvalue weighted by Gasteiger charge is -2.04. The summed E-state index contributed by atoms with van der Waals surface area (Å²) in [6, 6.07) is 5.90. The number of ether oxygens (including phenoxy) is 1. The second kappa shape index (κ2) is 6.02. The van der Waals surface area contributed by atoms with Crippen molar-refractivity contribution < 1.29 is 4.74 Å². The molecule has 0 unspecified atom stereocenters. The molecule has 0 bridgehead atoms. The molecule has 1 aromatic carbocycles. The second-order valence-electron chi connectivity index (χ2n) is 3.89. The number of hydrogen-bond acceptors (Lipinski definition) is 3. The average Bonchev–Trinajstić information content (AvgIpc) is 2.85. The highest BCUT2D eigenvalue weighted by Gasteiger charge is 2.06. The summed E-state index contributed by atoms with van der Waals surface area (Å²) in [6.45, 7) is 3.83. The predicted octanol–water partition coefficient (Wildman–Crippen LogP) is 2.96. The van der Waals surface area contributed by atoms with Crippen LogP contribution in [-0.2, 0) is 6.54 Å². The highest BCUT2D eigenvalue weighted by Crippen LogP contribution is 2.29. The zero-order valence-electron chi connectivity index (χ0n) is 10.5. The van der Waals surface area contributed by atoms with Crippen LogP contribution < -0.4 is 10.1 Å². The van der Waals surface area contributed by atoms with E-state index in [1.165, 1.54) is 0 Å². The first kappa shape index (κ1) is 13.1. The number of nitrogens with one attached hydrogen (secondary N) is 2. The standard InChI is InChI=1S/C13H16BrN3O/c1-3-15-7-10-8-16-13(17-10)9-4-5-12(18-2)11(14)6-9/h4-6,8,15H,3,7H2,1-2H3,(H,16,17). The van der Waals surface area contributed by atoms with E-state index in [2.05, 4.69) is 38.1 Å². The van der Waals surface area contributed by atoms with E-state index in [0.29, 0.717) is 0 Å². The van der Waals surface area contributed by atoms with Gasteiger partial charge in [0.1, 0.15) is 11.6 Å². The number of aromatic amines is 1. The summed E-state index contributed by atoms with van der Waals surface area (Å²) >= 11 is 3.47. The van der Waals surface area contributed by atoms with Gasteiger partial charge in [-0.2, -0.15) is 0 Å². The molecule has 18 heavy (non-hydrogen) atoms. The Morgan fingerprint density at radius 3 is 2.94 bits per heavy atom. The van der Waals surface area contributed by atoms with E-state index in [1.54, 1.807) is 7.11 Å². The quantitative estimate of drug-likeness (QED) is 0.893. The van der Waals surface area contributed by atoms with Crippen LogP contribution in [0, 0.1) is 0 Å². The summed E-state index contributed by atoms with van der Waals surface area (Å²) < 4.78 is 6.13. The number of nitrogens with zero attached hydrogens (tertiary/aromatic N) is 1. The first-order valence-corrected chi connectivity index (χ1v) is 6.62. The van der Waals surface area contributed by atoms with Crippen LogP contribution in [0.15, 0.2) is 28.9 Å². The first-order chi connectivity index (χ1) is 8.74. The van der Waals surface area contributed by atoms with Crippen molar-refractivity contribution in [3.05, 3.63) is 34.6 Å². The van der Waals surface area contributed by atoms with Gasteiger partial charge in [0.2, 0.25) is 0 Å². The molecule has 0 fully saturated rings. The van der Waals surface area contributed by atoms with E-state index in [4.69, 9.17) is 4.74 Å². The zero-order chi connectivity index (χ0) is 13.0. The third kappa shape index (κ3) is 2.91. The predicted molar refractivity (Wildman–Crippen MR) is 75.7 cm³/mol. The molecule has 1 aromatic heterocycles. The highest BCUT2D eigenvalue weighted by atomic mass is 79.9. The Hall–Kier alpha value is -1.33. The number of imidazole rings is 1. The van der Waals surface area contributed by atoms with Crippen LogP contribution >= 0.6 is 15.9 Å². The van der Waals surface area contributed by atoms with E-state index >= 15 is 0 Å². The van der Waals surface area contributed by atoms with Gasteiger partial charge in [-0.05, 0) is 40.7 Å². The van der Waals surface area contributed by atoms with Gasteiger partial charge in [0.15, 0.2) is 0 Å². The molecular formula is C13H16BrN3O. The van der Waals surface area contributed by atoms with Gasteiger partial charge in [-0.15, -0.1) is 0 Å². The molecule has 4 nitrogen and oxygen atoms in total. The van der Waals surface area contributed by atoms with Crippen molar-refractivity contribution in [3.8, 4) is 17.1 Å². The summed E-state index contributed by atoms with van der Waals surface area (Å²) in [6.07, 6.45) is 1.86. The van der Waals surface area contributed by atoms with Crippen LogP contribution in [0.25, 0.3) is 11.4 Å². The lowest BCUT2D eigenvalue weighted by atomic mass is 10.2. The normalized spacial score (nSPS) is 10.6. The number of benzene rings is 1. The first-order valence-electron chi connectivity index (χ1n) is 5.83. The van der Waals surface area contributed by atoms with Gasteiger partial charge in [-0.1, -0.05) is 6.92 Å². The number of aromatic nitrogens is 2. The SMILES string of the molecule is CCNCc1cnc(-c2ccc(OC)c(Br)c2)[nH]1. The summed E-state index contributed by atoms with van der Waals surface area (Å²) in [5.74, 6) is 1.68. The van der Waals surface area contributed by atoms with Crippen molar-refractivity contribution in [3.63, 3.8) is 0 Å². The van der Waals surface area contributed by atoms with E-state index < -0.39 is 0 Å². The number of hydrogen-bond donors (Lipinski definition) is 2. The molecule has 1 heterocycles. The monoisotopic (exact) mass is 309 g/mol. The molecule has 0 spiro atoms. The molecule has 0 aliphatic carbocycles. The van der Waals surface area contributed by atoms with Crippen LogP contribution in [0.5, 0.6) is 5.75 Å². The van der Waals surface area contributed by atoms with Gasteiger partial charge in [-0.3, -0.25) is 0 Å². The number of methoxy groups -OCH3 is 1. The maximum absolute atomic E-state index is 5.21. The Balaban J connectivity index is 2.20. The lowest BCUT2D eigenvalue weighted by molar-refractivity contribution is 0.412. The molecule has 2 rings (SSSR count). The van der Waals surface area contributed by atoms with E-state index in [9.17, 15) is 0 Å². The van der Waals surface area contributed by atoms with Crippen molar-refractivity contribution in [2.75, 3.05) is 13.7 Å². The van der Waals surface area contributed by atoms with Crippen LogP contribution in [-0.4, -0.2) is 23.6 Å². The third-order valence-electron chi connectivity index (χ3n) is 2.62. The highest BCUT2D eigenvalue weighted by molar-refractivity contribution is 9.10. The number of H-pyrrole nitrogens is 1. The topological polar surface area (TPSA) is 49.9 Å². The van der Waals surface area contributed by atoms with Crippen LogP contribution in [0.3, 0.4) is 0 Å². The summed E-state index contributed by atoms with van der Waals surface area (Å²) in [5, 5.41) is 3.26. The van der Waals surface area contributed by atoms with Gasteiger partial charge in [0.25, 0.3) is 0 Å². The lowest BCUT2D eigenvalue weighted by Crippen LogP contribution is -2.11. The Morgan fingerprint density at radius 2 is 2.28 bits per heavy atom. The van der Waals surface area contributed by atoms with Crippen molar-refractivity contribution in [1.82, 2.24) is 15.3 Å². The fourth-order valence-corrected chi connectivity index (χ4v) is 2.21. The molecule has 0 aliphatic rings. The summed E-state index contributed by atoms with van der Waals surface area (Å²) in [5.41, 5.74) is 2.12. The molecule has 2 N–H and O–H groups in total. The molecule has 0 amide bonds. The Morgan fingerprint density at radius 1 is 1.44 bits per heavy atom. The Kier molecular flexibility index (Phi) is 4.38. The van der Waals surface area contributed by atoms with Gasteiger partial charge in [0.05, 0.1) is 11.6 Å². The van der Waals surface area contributed by atoms with E-state index in [0.717, 1.165) is 40.4 Å². The molecule has 0 atom stereocenters. The molecule has 0 radical (unpaired) electrons.